The SMILES string of the molecule is C/C(=N\NC(=O)Cc1c(C)[nH]c2ccccc12)c1cccs1. The lowest BCUT2D eigenvalue weighted by molar-refractivity contribution is -0.120. The molecule has 1 amide bonds. The largest absolute Gasteiger partial charge is 0.358 e. The van der Waals surface area contributed by atoms with Crippen molar-refractivity contribution < 1.29 is 4.79 Å². The molecule has 3 aromatic rings. The quantitative estimate of drug-likeness (QED) is 0.561. The average Bonchev–Trinajstić information content (AvgIpc) is 3.14. The summed E-state index contributed by atoms with van der Waals surface area (Å²) in [6, 6.07) is 12.0. The summed E-state index contributed by atoms with van der Waals surface area (Å²) in [4.78, 5) is 16.5. The summed E-state index contributed by atoms with van der Waals surface area (Å²) < 4.78 is 0. The van der Waals surface area contributed by atoms with Gasteiger partial charge in [-0.05, 0) is 36.9 Å². The van der Waals surface area contributed by atoms with Crippen molar-refractivity contribution in [2.45, 2.75) is 20.3 Å². The van der Waals surface area contributed by atoms with Gasteiger partial charge in [-0.1, -0.05) is 24.3 Å². The maximum atomic E-state index is 12.2. The van der Waals surface area contributed by atoms with Crippen molar-refractivity contribution in [3.8, 4) is 0 Å². The number of hydrogen-bond donors (Lipinski definition) is 2. The van der Waals surface area contributed by atoms with Gasteiger partial charge in [-0.3, -0.25) is 4.79 Å². The normalized spacial score (nSPS) is 11.8. The Morgan fingerprint density at radius 2 is 2.09 bits per heavy atom. The Balaban J connectivity index is 1.74. The number of nitrogens with zero attached hydrogens (tertiary/aromatic N) is 1. The number of nitrogens with one attached hydrogen (secondary N) is 2. The van der Waals surface area contributed by atoms with Crippen LogP contribution in [0.25, 0.3) is 10.9 Å². The first kappa shape index (κ1) is 14.5. The third kappa shape index (κ3) is 2.94. The molecule has 22 heavy (non-hydrogen) atoms. The second kappa shape index (κ2) is 6.15. The van der Waals surface area contributed by atoms with E-state index in [2.05, 4.69) is 15.5 Å². The van der Waals surface area contributed by atoms with Crippen LogP contribution >= 0.6 is 11.3 Å². The molecule has 2 aromatic heterocycles. The minimum absolute atomic E-state index is 0.108. The summed E-state index contributed by atoms with van der Waals surface area (Å²) in [6.45, 7) is 3.88. The maximum absolute atomic E-state index is 12.2. The predicted octanol–water partition coefficient (Wildman–Crippen LogP) is 3.62. The van der Waals surface area contributed by atoms with Gasteiger partial charge in [0.25, 0.3) is 0 Å². The number of carbonyl (C=O) groups is 1. The number of carbonyl (C=O) groups excluding carboxylic acids is 1. The molecular weight excluding hydrogens is 294 g/mol. The second-order valence-corrected chi connectivity index (χ2v) is 6.11. The highest BCUT2D eigenvalue weighted by molar-refractivity contribution is 7.12. The topological polar surface area (TPSA) is 57.2 Å². The molecule has 4 nitrogen and oxygen atoms in total. The molecule has 0 radical (unpaired) electrons. The van der Waals surface area contributed by atoms with Crippen LogP contribution in [0.2, 0.25) is 0 Å². The minimum atomic E-state index is -0.108. The average molecular weight is 311 g/mol. The molecule has 1 aromatic carbocycles. The Labute approximate surface area is 132 Å². The Kier molecular flexibility index (Phi) is 4.06. The Morgan fingerprint density at radius 1 is 1.27 bits per heavy atom. The van der Waals surface area contributed by atoms with Crippen LogP contribution in [-0.4, -0.2) is 16.6 Å². The lowest BCUT2D eigenvalue weighted by atomic mass is 10.1. The summed E-state index contributed by atoms with van der Waals surface area (Å²) in [5, 5.41) is 7.26. The number of H-pyrrole nitrogens is 1. The predicted molar refractivity (Wildman–Crippen MR) is 91.4 cm³/mol. The third-order valence-electron chi connectivity index (χ3n) is 3.59. The number of benzene rings is 1. The zero-order valence-corrected chi connectivity index (χ0v) is 13.3. The van der Waals surface area contributed by atoms with Crippen LogP contribution in [0, 0.1) is 6.92 Å². The highest BCUT2D eigenvalue weighted by Crippen LogP contribution is 2.22. The van der Waals surface area contributed by atoms with Crippen LogP contribution in [0.15, 0.2) is 46.9 Å². The number of amides is 1. The van der Waals surface area contributed by atoms with E-state index < -0.39 is 0 Å². The van der Waals surface area contributed by atoms with Gasteiger partial charge in [-0.2, -0.15) is 5.10 Å². The van der Waals surface area contributed by atoms with Crippen molar-refractivity contribution in [1.29, 1.82) is 0 Å². The number of rotatable bonds is 4. The first-order valence-corrected chi connectivity index (χ1v) is 7.96. The van der Waals surface area contributed by atoms with Gasteiger partial charge in [0.05, 0.1) is 12.1 Å². The lowest BCUT2D eigenvalue weighted by Gasteiger charge is -2.02. The second-order valence-electron chi connectivity index (χ2n) is 5.16. The van der Waals surface area contributed by atoms with E-state index in [0.717, 1.165) is 32.7 Å². The van der Waals surface area contributed by atoms with Crippen LogP contribution in [0.3, 0.4) is 0 Å². The van der Waals surface area contributed by atoms with E-state index in [1.165, 1.54) is 0 Å². The molecule has 2 heterocycles. The fourth-order valence-corrected chi connectivity index (χ4v) is 3.13. The van der Waals surface area contributed by atoms with Crippen molar-refractivity contribution >= 4 is 33.9 Å². The highest BCUT2D eigenvalue weighted by Gasteiger charge is 2.12. The molecule has 0 saturated heterocycles. The lowest BCUT2D eigenvalue weighted by Crippen LogP contribution is -2.21. The van der Waals surface area contributed by atoms with Gasteiger partial charge in [0.2, 0.25) is 5.91 Å². The fraction of sp³-hybridized carbons (Fsp3) is 0.176. The first-order chi connectivity index (χ1) is 10.6. The highest BCUT2D eigenvalue weighted by atomic mass is 32.1. The van der Waals surface area contributed by atoms with Crippen molar-refractivity contribution in [2.24, 2.45) is 5.10 Å². The molecule has 0 unspecified atom stereocenters. The molecule has 3 rings (SSSR count). The van der Waals surface area contributed by atoms with E-state index in [4.69, 9.17) is 0 Å². The summed E-state index contributed by atoms with van der Waals surface area (Å²) >= 11 is 1.61. The van der Waals surface area contributed by atoms with Crippen LogP contribution in [0.1, 0.15) is 23.1 Å². The molecule has 0 bridgehead atoms. The number of para-hydroxylation sites is 1. The van der Waals surface area contributed by atoms with Crippen LogP contribution < -0.4 is 5.43 Å². The molecular formula is C17H17N3OS. The van der Waals surface area contributed by atoms with Gasteiger partial charge in [0.1, 0.15) is 0 Å². The number of thiophene rings is 1. The third-order valence-corrected chi connectivity index (χ3v) is 4.57. The molecule has 2 N–H and O–H groups in total. The van der Waals surface area contributed by atoms with Crippen molar-refractivity contribution in [3.05, 3.63) is 57.9 Å². The summed E-state index contributed by atoms with van der Waals surface area (Å²) in [7, 11) is 0. The van der Waals surface area contributed by atoms with Crippen molar-refractivity contribution in [1.82, 2.24) is 10.4 Å². The minimum Gasteiger partial charge on any atom is -0.358 e. The van der Waals surface area contributed by atoms with Gasteiger partial charge in [-0.25, -0.2) is 5.43 Å². The van der Waals surface area contributed by atoms with E-state index in [1.807, 2.05) is 55.6 Å². The van der Waals surface area contributed by atoms with E-state index in [-0.39, 0.29) is 5.91 Å². The van der Waals surface area contributed by atoms with Crippen LogP contribution in [0.5, 0.6) is 0 Å². The fourth-order valence-electron chi connectivity index (χ4n) is 2.45. The number of aryl methyl sites for hydroxylation is 1. The standard InChI is InChI=1S/C17H17N3OS/c1-11-14(13-6-3-4-7-15(13)18-11)10-17(21)20-19-12(2)16-8-5-9-22-16/h3-9,18H,10H2,1-2H3,(H,20,21)/b19-12+. The zero-order chi connectivity index (χ0) is 15.5. The van der Waals surface area contributed by atoms with E-state index >= 15 is 0 Å². The van der Waals surface area contributed by atoms with Gasteiger partial charge in [0, 0.05) is 21.5 Å². The van der Waals surface area contributed by atoms with Crippen LogP contribution in [0.4, 0.5) is 0 Å². The number of aromatic nitrogens is 1. The molecule has 0 aliphatic carbocycles. The Hall–Kier alpha value is -2.40. The molecule has 0 aliphatic rings. The molecule has 5 heteroatoms. The van der Waals surface area contributed by atoms with Crippen molar-refractivity contribution in [2.75, 3.05) is 0 Å². The number of fused-ring (bicyclic) bond motifs is 1. The number of hydrazone groups is 1. The van der Waals surface area contributed by atoms with Crippen LogP contribution in [-0.2, 0) is 11.2 Å². The molecule has 0 fully saturated rings. The Morgan fingerprint density at radius 3 is 2.86 bits per heavy atom. The van der Waals surface area contributed by atoms with E-state index in [1.54, 1.807) is 11.3 Å². The first-order valence-electron chi connectivity index (χ1n) is 7.08. The maximum Gasteiger partial charge on any atom is 0.244 e. The van der Waals surface area contributed by atoms with E-state index in [9.17, 15) is 4.79 Å². The Bertz CT molecular complexity index is 831. The van der Waals surface area contributed by atoms with Gasteiger partial charge in [-0.15, -0.1) is 11.3 Å². The molecule has 112 valence electrons. The molecule has 0 atom stereocenters. The van der Waals surface area contributed by atoms with Gasteiger partial charge < -0.3 is 4.98 Å². The number of hydrogen-bond acceptors (Lipinski definition) is 3. The van der Waals surface area contributed by atoms with E-state index in [0.29, 0.717) is 6.42 Å². The van der Waals surface area contributed by atoms with Gasteiger partial charge >= 0.3 is 0 Å². The molecule has 0 spiro atoms. The van der Waals surface area contributed by atoms with Gasteiger partial charge in [0.15, 0.2) is 0 Å². The number of aromatic amines is 1. The van der Waals surface area contributed by atoms with Crippen molar-refractivity contribution in [3.63, 3.8) is 0 Å². The zero-order valence-electron chi connectivity index (χ0n) is 12.5. The summed E-state index contributed by atoms with van der Waals surface area (Å²) in [5.41, 5.74) is 6.57. The summed E-state index contributed by atoms with van der Waals surface area (Å²) in [6.07, 6.45) is 0.317. The molecule has 0 saturated carbocycles. The monoisotopic (exact) mass is 311 g/mol. The molecule has 0 aliphatic heterocycles. The smallest absolute Gasteiger partial charge is 0.244 e. The summed E-state index contributed by atoms with van der Waals surface area (Å²) in [5.74, 6) is -0.108.